The lowest BCUT2D eigenvalue weighted by molar-refractivity contribution is -0.130. The minimum atomic E-state index is -1.12. The molecular formula is C26H25N3O4S. The molecule has 0 aromatic heterocycles. The molecule has 7 nitrogen and oxygen atoms in total. The lowest BCUT2D eigenvalue weighted by Crippen LogP contribution is -2.72. The van der Waals surface area contributed by atoms with Crippen LogP contribution in [0.25, 0.3) is 0 Å². The average Bonchev–Trinajstić information content (AvgIpc) is 2.84. The minimum absolute atomic E-state index is 0.193. The van der Waals surface area contributed by atoms with Gasteiger partial charge in [0.15, 0.2) is 10.8 Å². The van der Waals surface area contributed by atoms with E-state index in [0.717, 1.165) is 5.56 Å². The number of amides is 1. The van der Waals surface area contributed by atoms with E-state index in [9.17, 15) is 4.79 Å². The van der Waals surface area contributed by atoms with Gasteiger partial charge in [-0.2, -0.15) is 0 Å². The molecule has 0 spiro atoms. The SMILES string of the molecule is COc1ccc(NC(=O)[C@H]2[C@@H]3NC(=S)N(c4ccccc4OC)[C@@]2(C)Oc2ccccc23)cc1. The summed E-state index contributed by atoms with van der Waals surface area (Å²) in [6.07, 6.45) is 0. The highest BCUT2D eigenvalue weighted by Crippen LogP contribution is 2.50. The Hall–Kier alpha value is -3.78. The van der Waals surface area contributed by atoms with Crippen molar-refractivity contribution < 1.29 is 19.0 Å². The van der Waals surface area contributed by atoms with Crippen LogP contribution in [0.4, 0.5) is 11.4 Å². The maximum atomic E-state index is 13.8. The molecule has 2 heterocycles. The fraction of sp³-hybridized carbons (Fsp3) is 0.231. The molecule has 0 saturated carbocycles. The van der Waals surface area contributed by atoms with Crippen LogP contribution in [0.15, 0.2) is 72.8 Å². The third-order valence-corrected chi connectivity index (χ3v) is 6.67. The molecule has 34 heavy (non-hydrogen) atoms. The summed E-state index contributed by atoms with van der Waals surface area (Å²) < 4.78 is 17.4. The van der Waals surface area contributed by atoms with Crippen LogP contribution in [-0.4, -0.2) is 31.0 Å². The molecule has 2 aliphatic heterocycles. The fourth-order valence-electron chi connectivity index (χ4n) is 4.80. The van der Waals surface area contributed by atoms with Gasteiger partial charge in [-0.3, -0.25) is 9.69 Å². The van der Waals surface area contributed by atoms with Gasteiger partial charge in [0.25, 0.3) is 0 Å². The molecule has 1 saturated heterocycles. The summed E-state index contributed by atoms with van der Waals surface area (Å²) in [7, 11) is 3.21. The van der Waals surface area contributed by atoms with Crippen LogP contribution in [0.5, 0.6) is 17.2 Å². The summed E-state index contributed by atoms with van der Waals surface area (Å²) in [4.78, 5) is 15.7. The monoisotopic (exact) mass is 475 g/mol. The van der Waals surface area contributed by atoms with E-state index in [1.807, 2.05) is 72.5 Å². The fourth-order valence-corrected chi connectivity index (χ4v) is 5.21. The predicted octanol–water partition coefficient (Wildman–Crippen LogP) is 4.50. The number of anilines is 2. The molecule has 1 amide bonds. The second-order valence-electron chi connectivity index (χ2n) is 8.32. The van der Waals surface area contributed by atoms with Gasteiger partial charge in [-0.15, -0.1) is 0 Å². The van der Waals surface area contributed by atoms with Crippen molar-refractivity contribution in [2.24, 2.45) is 5.92 Å². The van der Waals surface area contributed by atoms with Gasteiger partial charge < -0.3 is 24.8 Å². The van der Waals surface area contributed by atoms with E-state index in [-0.39, 0.29) is 11.9 Å². The Labute approximate surface area is 203 Å². The highest BCUT2D eigenvalue weighted by atomic mass is 32.1. The number of carbonyl (C=O) groups is 1. The number of carbonyl (C=O) groups excluding carboxylic acids is 1. The maximum Gasteiger partial charge on any atom is 0.236 e. The first-order chi connectivity index (χ1) is 16.5. The second kappa shape index (κ2) is 8.53. The molecule has 5 rings (SSSR count). The van der Waals surface area contributed by atoms with E-state index in [4.69, 9.17) is 26.4 Å². The van der Waals surface area contributed by atoms with Gasteiger partial charge in [-0.1, -0.05) is 30.3 Å². The highest BCUT2D eigenvalue weighted by Gasteiger charge is 2.59. The van der Waals surface area contributed by atoms with E-state index in [1.165, 1.54) is 0 Å². The Morgan fingerprint density at radius 1 is 1.03 bits per heavy atom. The number of ether oxygens (including phenoxy) is 3. The van der Waals surface area contributed by atoms with Crippen LogP contribution in [0.3, 0.4) is 0 Å². The van der Waals surface area contributed by atoms with Crippen molar-refractivity contribution in [3.05, 3.63) is 78.4 Å². The molecular weight excluding hydrogens is 450 g/mol. The van der Waals surface area contributed by atoms with Crippen LogP contribution in [0, 0.1) is 5.92 Å². The summed E-state index contributed by atoms with van der Waals surface area (Å²) in [6, 6.07) is 22.1. The van der Waals surface area contributed by atoms with Gasteiger partial charge >= 0.3 is 0 Å². The van der Waals surface area contributed by atoms with Crippen molar-refractivity contribution in [3.8, 4) is 17.2 Å². The summed E-state index contributed by atoms with van der Waals surface area (Å²) in [5.74, 6) is 1.22. The number of fused-ring (bicyclic) bond motifs is 4. The number of hydrogen-bond acceptors (Lipinski definition) is 5. The van der Waals surface area contributed by atoms with Crippen molar-refractivity contribution >= 4 is 34.6 Å². The topological polar surface area (TPSA) is 72.1 Å². The first-order valence-corrected chi connectivity index (χ1v) is 11.3. The number of nitrogens with zero attached hydrogens (tertiary/aromatic N) is 1. The zero-order valence-corrected chi connectivity index (χ0v) is 19.9. The summed E-state index contributed by atoms with van der Waals surface area (Å²) >= 11 is 5.80. The third kappa shape index (κ3) is 3.51. The van der Waals surface area contributed by atoms with Crippen LogP contribution in [0.1, 0.15) is 18.5 Å². The highest BCUT2D eigenvalue weighted by molar-refractivity contribution is 7.80. The van der Waals surface area contributed by atoms with Crippen LogP contribution >= 0.6 is 12.2 Å². The van der Waals surface area contributed by atoms with Gasteiger partial charge in [-0.05, 0) is 61.6 Å². The van der Waals surface area contributed by atoms with E-state index < -0.39 is 11.6 Å². The number of para-hydroxylation sites is 3. The Balaban J connectivity index is 1.60. The minimum Gasteiger partial charge on any atom is -0.497 e. The zero-order chi connectivity index (χ0) is 23.9. The normalized spacial score (nSPS) is 22.7. The molecule has 3 aromatic carbocycles. The Kier molecular flexibility index (Phi) is 5.53. The largest absolute Gasteiger partial charge is 0.497 e. The first kappa shape index (κ1) is 22.0. The lowest BCUT2D eigenvalue weighted by Gasteiger charge is -2.56. The van der Waals surface area contributed by atoms with Crippen molar-refractivity contribution in [1.82, 2.24) is 5.32 Å². The van der Waals surface area contributed by atoms with Crippen molar-refractivity contribution in [2.45, 2.75) is 18.7 Å². The molecule has 1 fully saturated rings. The number of benzene rings is 3. The van der Waals surface area contributed by atoms with Crippen LogP contribution in [0.2, 0.25) is 0 Å². The maximum absolute atomic E-state index is 13.8. The Morgan fingerprint density at radius 2 is 1.74 bits per heavy atom. The van der Waals surface area contributed by atoms with Gasteiger partial charge in [0, 0.05) is 11.3 Å². The van der Waals surface area contributed by atoms with Gasteiger partial charge in [0.05, 0.1) is 25.9 Å². The van der Waals surface area contributed by atoms with Crippen LogP contribution < -0.4 is 29.7 Å². The molecule has 0 radical (unpaired) electrons. The van der Waals surface area contributed by atoms with E-state index in [2.05, 4.69) is 10.6 Å². The third-order valence-electron chi connectivity index (χ3n) is 6.37. The number of nitrogens with one attached hydrogen (secondary N) is 2. The summed E-state index contributed by atoms with van der Waals surface area (Å²) in [6.45, 7) is 1.90. The molecule has 0 unspecified atom stereocenters. The molecule has 2 aliphatic rings. The number of thiocarbonyl (C=S) groups is 1. The van der Waals surface area contributed by atoms with E-state index in [1.54, 1.807) is 26.4 Å². The zero-order valence-electron chi connectivity index (χ0n) is 19.1. The predicted molar refractivity (Wildman–Crippen MR) is 135 cm³/mol. The number of methoxy groups -OCH3 is 2. The van der Waals surface area contributed by atoms with E-state index in [0.29, 0.717) is 33.7 Å². The second-order valence-corrected chi connectivity index (χ2v) is 8.71. The summed E-state index contributed by atoms with van der Waals surface area (Å²) in [5.41, 5.74) is 1.15. The smallest absolute Gasteiger partial charge is 0.236 e. The average molecular weight is 476 g/mol. The van der Waals surface area contributed by atoms with Gasteiger partial charge in [-0.25, -0.2) is 0 Å². The Bertz CT molecular complexity index is 1250. The standard InChI is InChI=1S/C26H25N3O4S/c1-26-22(24(30)27-16-12-14-17(31-2)15-13-16)23(18-8-4-6-10-20(18)33-26)28-25(34)29(26)19-9-5-7-11-21(19)32-3/h4-15,22-23H,1-3H3,(H,27,30)(H,28,34)/t22-,23-,26+/m1/s1. The van der Waals surface area contributed by atoms with Crippen molar-refractivity contribution in [1.29, 1.82) is 0 Å². The molecule has 2 bridgehead atoms. The van der Waals surface area contributed by atoms with Gasteiger partial charge in [0.1, 0.15) is 23.2 Å². The molecule has 2 N–H and O–H groups in total. The van der Waals surface area contributed by atoms with Crippen molar-refractivity contribution in [2.75, 3.05) is 24.4 Å². The summed E-state index contributed by atoms with van der Waals surface area (Å²) in [5, 5.41) is 6.91. The van der Waals surface area contributed by atoms with Crippen LogP contribution in [-0.2, 0) is 4.79 Å². The molecule has 3 atom stereocenters. The lowest BCUT2D eigenvalue weighted by atomic mass is 9.78. The van der Waals surface area contributed by atoms with Gasteiger partial charge in [0.2, 0.25) is 5.91 Å². The van der Waals surface area contributed by atoms with Crippen molar-refractivity contribution in [3.63, 3.8) is 0 Å². The van der Waals surface area contributed by atoms with E-state index >= 15 is 0 Å². The number of rotatable bonds is 5. The molecule has 0 aliphatic carbocycles. The Morgan fingerprint density at radius 3 is 2.47 bits per heavy atom. The first-order valence-electron chi connectivity index (χ1n) is 10.9. The molecule has 3 aromatic rings. The molecule has 8 heteroatoms. The molecule has 174 valence electrons. The number of hydrogen-bond donors (Lipinski definition) is 2. The quantitative estimate of drug-likeness (QED) is 0.527.